The van der Waals surface area contributed by atoms with Gasteiger partial charge in [-0.3, -0.25) is 9.59 Å². The molecule has 1 heterocycles. The molecule has 1 N–H and O–H groups in total. The molecule has 0 saturated carbocycles. The van der Waals surface area contributed by atoms with E-state index in [-0.39, 0.29) is 13.0 Å². The van der Waals surface area contributed by atoms with Crippen LogP contribution < -0.4 is 5.32 Å². The molecule has 0 atom stereocenters. The van der Waals surface area contributed by atoms with Gasteiger partial charge in [-0.25, -0.2) is 4.98 Å². The van der Waals surface area contributed by atoms with Crippen molar-refractivity contribution in [2.45, 2.75) is 26.7 Å². The molecule has 0 fully saturated rings. The van der Waals surface area contributed by atoms with Crippen LogP contribution in [0, 0.1) is 13.8 Å². The predicted molar refractivity (Wildman–Crippen MR) is 111 cm³/mol. The lowest BCUT2D eigenvalue weighted by Crippen LogP contribution is -2.21. The van der Waals surface area contributed by atoms with Crippen LogP contribution in [-0.4, -0.2) is 23.5 Å². The molecule has 7 heteroatoms. The summed E-state index contributed by atoms with van der Waals surface area (Å²) < 4.78 is 10.7. The molecule has 150 valence electrons. The summed E-state index contributed by atoms with van der Waals surface area (Å²) in [5, 5.41) is 3.19. The monoisotopic (exact) mass is 412 g/mol. The van der Waals surface area contributed by atoms with E-state index in [4.69, 9.17) is 20.8 Å². The van der Waals surface area contributed by atoms with Crippen LogP contribution in [0.4, 0.5) is 5.69 Å². The molecule has 6 nitrogen and oxygen atoms in total. The summed E-state index contributed by atoms with van der Waals surface area (Å²) in [4.78, 5) is 28.1. The second-order valence-electron chi connectivity index (χ2n) is 6.65. The van der Waals surface area contributed by atoms with E-state index in [9.17, 15) is 9.59 Å². The second-order valence-corrected chi connectivity index (χ2v) is 7.09. The number of ether oxygens (including phenoxy) is 1. The molecule has 0 aliphatic heterocycles. The maximum Gasteiger partial charge on any atom is 0.306 e. The van der Waals surface area contributed by atoms with Crippen molar-refractivity contribution in [2.24, 2.45) is 0 Å². The van der Waals surface area contributed by atoms with Crippen molar-refractivity contribution in [3.05, 3.63) is 70.7 Å². The number of carbonyl (C=O) groups is 2. The van der Waals surface area contributed by atoms with Crippen molar-refractivity contribution in [3.8, 4) is 11.3 Å². The lowest BCUT2D eigenvalue weighted by atomic mass is 10.1. The van der Waals surface area contributed by atoms with Gasteiger partial charge in [0.25, 0.3) is 5.91 Å². The van der Waals surface area contributed by atoms with Gasteiger partial charge in [-0.1, -0.05) is 47.5 Å². The van der Waals surface area contributed by atoms with Crippen LogP contribution in [0.5, 0.6) is 0 Å². The molecule has 0 unspecified atom stereocenters. The van der Waals surface area contributed by atoms with E-state index >= 15 is 0 Å². The number of esters is 1. The summed E-state index contributed by atoms with van der Waals surface area (Å²) in [5.41, 5.74) is 3.53. The molecule has 0 aliphatic carbocycles. The van der Waals surface area contributed by atoms with Gasteiger partial charge in [0, 0.05) is 22.7 Å². The largest absolute Gasteiger partial charge is 0.456 e. The van der Waals surface area contributed by atoms with E-state index in [1.54, 1.807) is 24.4 Å². The van der Waals surface area contributed by atoms with Crippen molar-refractivity contribution >= 4 is 29.2 Å². The van der Waals surface area contributed by atoms with E-state index in [2.05, 4.69) is 10.3 Å². The van der Waals surface area contributed by atoms with Gasteiger partial charge >= 0.3 is 5.97 Å². The fourth-order valence-electron chi connectivity index (χ4n) is 2.62. The summed E-state index contributed by atoms with van der Waals surface area (Å²) in [5.74, 6) is 0.153. The summed E-state index contributed by atoms with van der Waals surface area (Å²) in [6.07, 6.45) is 1.99. The minimum Gasteiger partial charge on any atom is -0.456 e. The van der Waals surface area contributed by atoms with Crippen molar-refractivity contribution in [3.63, 3.8) is 0 Å². The van der Waals surface area contributed by atoms with Gasteiger partial charge in [0.1, 0.15) is 0 Å². The Labute approximate surface area is 173 Å². The maximum atomic E-state index is 12.0. The molecular formula is C22H21ClN2O4. The van der Waals surface area contributed by atoms with Gasteiger partial charge in [0.2, 0.25) is 0 Å². The quantitative estimate of drug-likeness (QED) is 0.567. The third-order valence-electron chi connectivity index (χ3n) is 4.27. The number of rotatable bonds is 7. The molecule has 0 bridgehead atoms. The first-order chi connectivity index (χ1) is 13.9. The number of benzene rings is 2. The molecule has 1 aromatic heterocycles. The fourth-order valence-corrected chi connectivity index (χ4v) is 2.79. The molecule has 0 radical (unpaired) electrons. The molecule has 0 aliphatic rings. The van der Waals surface area contributed by atoms with E-state index < -0.39 is 11.9 Å². The summed E-state index contributed by atoms with van der Waals surface area (Å²) >= 11 is 5.92. The Kier molecular flexibility index (Phi) is 6.67. The number of nitrogens with one attached hydrogen (secondary N) is 1. The lowest BCUT2D eigenvalue weighted by molar-refractivity contribution is -0.147. The smallest absolute Gasteiger partial charge is 0.306 e. The highest BCUT2D eigenvalue weighted by atomic mass is 35.5. The lowest BCUT2D eigenvalue weighted by Gasteiger charge is -2.09. The standard InChI is InChI=1S/C22H21ClN2O4/c1-14-3-6-16(7-4-14)19-12-24-21(29-19)9-10-22(27)28-13-20(26)25-18-11-17(23)8-5-15(18)2/h3-8,11-12H,9-10,13H2,1-2H3,(H,25,26). The zero-order chi connectivity index (χ0) is 20.8. The van der Waals surface area contributed by atoms with Crippen LogP contribution in [0.25, 0.3) is 11.3 Å². The SMILES string of the molecule is Cc1ccc(-c2cnc(CCC(=O)OCC(=O)Nc3cc(Cl)ccc3C)o2)cc1. The highest BCUT2D eigenvalue weighted by Crippen LogP contribution is 2.22. The Bertz CT molecular complexity index is 1010. The average molecular weight is 413 g/mol. The number of nitrogens with zero attached hydrogens (tertiary/aromatic N) is 1. The van der Waals surface area contributed by atoms with Crippen LogP contribution in [0.3, 0.4) is 0 Å². The second kappa shape index (κ2) is 9.39. The van der Waals surface area contributed by atoms with Gasteiger partial charge in [0.05, 0.1) is 12.6 Å². The summed E-state index contributed by atoms with van der Waals surface area (Å²) in [6, 6.07) is 13.1. The molecule has 1 amide bonds. The fraction of sp³-hybridized carbons (Fsp3) is 0.227. The number of amides is 1. The number of aromatic nitrogens is 1. The number of aryl methyl sites for hydroxylation is 3. The minimum absolute atomic E-state index is 0.0668. The van der Waals surface area contributed by atoms with Crippen LogP contribution in [-0.2, 0) is 20.7 Å². The normalized spacial score (nSPS) is 10.6. The first kappa shape index (κ1) is 20.6. The molecule has 2 aromatic carbocycles. The zero-order valence-corrected chi connectivity index (χ0v) is 17.0. The van der Waals surface area contributed by atoms with E-state index in [0.29, 0.717) is 28.8 Å². The van der Waals surface area contributed by atoms with Crippen molar-refractivity contribution < 1.29 is 18.7 Å². The number of carbonyl (C=O) groups excluding carboxylic acids is 2. The van der Waals surface area contributed by atoms with Gasteiger partial charge in [-0.2, -0.15) is 0 Å². The predicted octanol–water partition coefficient (Wildman–Crippen LogP) is 4.73. The number of hydrogen-bond acceptors (Lipinski definition) is 5. The topological polar surface area (TPSA) is 81.4 Å². The third-order valence-corrected chi connectivity index (χ3v) is 4.51. The number of oxazole rings is 1. The number of hydrogen-bond donors (Lipinski definition) is 1. The third kappa shape index (κ3) is 5.93. The van der Waals surface area contributed by atoms with Gasteiger partial charge in [0.15, 0.2) is 18.3 Å². The number of halogens is 1. The molecule has 0 saturated heterocycles. The van der Waals surface area contributed by atoms with Crippen molar-refractivity contribution in [2.75, 3.05) is 11.9 Å². The molecule has 3 aromatic rings. The summed E-state index contributed by atoms with van der Waals surface area (Å²) in [6.45, 7) is 3.49. The van der Waals surface area contributed by atoms with E-state index in [1.807, 2.05) is 38.1 Å². The average Bonchev–Trinajstić information content (AvgIpc) is 3.17. The molecule has 29 heavy (non-hydrogen) atoms. The van der Waals surface area contributed by atoms with Gasteiger partial charge < -0.3 is 14.5 Å². The Morgan fingerprint density at radius 1 is 1.14 bits per heavy atom. The molecule has 3 rings (SSSR count). The van der Waals surface area contributed by atoms with Crippen LogP contribution >= 0.6 is 11.6 Å². The van der Waals surface area contributed by atoms with Gasteiger partial charge in [-0.15, -0.1) is 0 Å². The molecular weight excluding hydrogens is 392 g/mol. The molecule has 0 spiro atoms. The zero-order valence-electron chi connectivity index (χ0n) is 16.2. The van der Waals surface area contributed by atoms with Gasteiger partial charge in [-0.05, 0) is 31.5 Å². The highest BCUT2D eigenvalue weighted by molar-refractivity contribution is 6.31. The van der Waals surface area contributed by atoms with Crippen LogP contribution in [0.15, 0.2) is 53.1 Å². The van der Waals surface area contributed by atoms with E-state index in [1.165, 1.54) is 0 Å². The van der Waals surface area contributed by atoms with Crippen LogP contribution in [0.2, 0.25) is 5.02 Å². The minimum atomic E-state index is -0.502. The Morgan fingerprint density at radius 2 is 1.90 bits per heavy atom. The Balaban J connectivity index is 1.45. The first-order valence-corrected chi connectivity index (χ1v) is 9.52. The van der Waals surface area contributed by atoms with Crippen molar-refractivity contribution in [1.29, 1.82) is 0 Å². The number of anilines is 1. The van der Waals surface area contributed by atoms with E-state index in [0.717, 1.165) is 16.7 Å². The summed E-state index contributed by atoms with van der Waals surface area (Å²) in [7, 11) is 0. The van der Waals surface area contributed by atoms with Crippen LogP contribution in [0.1, 0.15) is 23.4 Å². The Morgan fingerprint density at radius 3 is 2.66 bits per heavy atom. The maximum absolute atomic E-state index is 12.0. The first-order valence-electron chi connectivity index (χ1n) is 9.14. The van der Waals surface area contributed by atoms with Crippen molar-refractivity contribution in [1.82, 2.24) is 4.98 Å². The highest BCUT2D eigenvalue weighted by Gasteiger charge is 2.12. The Hall–Kier alpha value is -3.12.